The Hall–Kier alpha value is -2.66. The summed E-state index contributed by atoms with van der Waals surface area (Å²) in [5.41, 5.74) is 17.3. The van der Waals surface area contributed by atoms with E-state index in [9.17, 15) is 13.2 Å². The van der Waals surface area contributed by atoms with Gasteiger partial charge in [0, 0.05) is 61.4 Å². The van der Waals surface area contributed by atoms with Gasteiger partial charge in [0.25, 0.3) is 0 Å². The van der Waals surface area contributed by atoms with Crippen molar-refractivity contribution in [3.05, 3.63) is 83.0 Å². The van der Waals surface area contributed by atoms with Crippen LogP contribution in [0, 0.1) is 0 Å². The van der Waals surface area contributed by atoms with E-state index in [0.29, 0.717) is 18.2 Å². The van der Waals surface area contributed by atoms with E-state index in [-0.39, 0.29) is 37.1 Å². The number of nitrogens with zero attached hydrogens (tertiary/aromatic N) is 2. The van der Waals surface area contributed by atoms with Crippen LogP contribution in [0.3, 0.4) is 0 Å². The molecule has 0 radical (unpaired) electrons. The number of nitrogens with two attached hydrogens (primary N) is 2. The predicted octanol–water partition coefficient (Wildman–Crippen LogP) is 7.59. The van der Waals surface area contributed by atoms with Crippen molar-refractivity contribution in [1.82, 2.24) is 9.47 Å². The summed E-state index contributed by atoms with van der Waals surface area (Å²) in [6.07, 6.45) is 0.124. The number of para-hydroxylation sites is 1. The van der Waals surface area contributed by atoms with Gasteiger partial charge in [0.2, 0.25) is 0 Å². The summed E-state index contributed by atoms with van der Waals surface area (Å²) >= 11 is 6.33. The van der Waals surface area contributed by atoms with Crippen molar-refractivity contribution in [2.45, 2.75) is 51.3 Å². The molecular formula is C31H37Cl3F3N5O. The fraction of sp³-hybridized carbons (Fsp3) is 0.355. The van der Waals surface area contributed by atoms with Crippen LogP contribution in [0.2, 0.25) is 5.02 Å². The number of hydrogen-bond donors (Lipinski definition) is 3. The molecule has 1 saturated heterocycles. The third-order valence-electron chi connectivity index (χ3n) is 7.60. The Morgan fingerprint density at radius 2 is 1.70 bits per heavy atom. The van der Waals surface area contributed by atoms with Gasteiger partial charge < -0.3 is 26.1 Å². The molecule has 1 aliphatic heterocycles. The van der Waals surface area contributed by atoms with Gasteiger partial charge in [-0.1, -0.05) is 35.9 Å². The van der Waals surface area contributed by atoms with Crippen molar-refractivity contribution in [2.75, 3.05) is 25.0 Å². The van der Waals surface area contributed by atoms with Gasteiger partial charge in [-0.15, -0.1) is 38.0 Å². The summed E-state index contributed by atoms with van der Waals surface area (Å²) in [7, 11) is 0. The molecule has 6 nitrogen and oxygen atoms in total. The van der Waals surface area contributed by atoms with Gasteiger partial charge in [0.05, 0.1) is 10.7 Å². The zero-order chi connectivity index (χ0) is 29.0. The van der Waals surface area contributed by atoms with Crippen LogP contribution in [0.5, 0.6) is 5.75 Å². The van der Waals surface area contributed by atoms with Crippen LogP contribution in [0.1, 0.15) is 30.4 Å². The van der Waals surface area contributed by atoms with E-state index in [1.165, 1.54) is 17.7 Å². The van der Waals surface area contributed by atoms with Crippen molar-refractivity contribution in [3.8, 4) is 16.9 Å². The number of aryl methyl sites for hydroxylation is 1. The molecule has 1 aliphatic rings. The average Bonchev–Trinajstić information content (AvgIpc) is 3.30. The lowest BCUT2D eigenvalue weighted by molar-refractivity contribution is -0.274. The summed E-state index contributed by atoms with van der Waals surface area (Å²) in [6, 6.07) is 19.0. The lowest BCUT2D eigenvalue weighted by atomic mass is 9.97. The molecule has 0 spiro atoms. The summed E-state index contributed by atoms with van der Waals surface area (Å²) < 4.78 is 44.8. The lowest BCUT2D eigenvalue weighted by Gasteiger charge is -2.33. The Morgan fingerprint density at radius 3 is 2.37 bits per heavy atom. The highest BCUT2D eigenvalue weighted by Gasteiger charge is 2.31. The van der Waals surface area contributed by atoms with Gasteiger partial charge in [0.15, 0.2) is 0 Å². The second-order valence-corrected chi connectivity index (χ2v) is 10.9. The first-order valence-electron chi connectivity index (χ1n) is 13.9. The number of likely N-dealkylation sites (tertiary alicyclic amines) is 1. The molecule has 4 aromatic rings. The van der Waals surface area contributed by atoms with Gasteiger partial charge in [-0.3, -0.25) is 4.90 Å². The zero-order valence-electron chi connectivity index (χ0n) is 23.6. The highest BCUT2D eigenvalue weighted by Crippen LogP contribution is 2.36. The first-order valence-corrected chi connectivity index (χ1v) is 14.3. The minimum Gasteiger partial charge on any atom is -0.406 e. The maximum Gasteiger partial charge on any atom is 0.573 e. The fourth-order valence-corrected chi connectivity index (χ4v) is 5.78. The maximum absolute atomic E-state index is 12.8. The quantitative estimate of drug-likeness (QED) is 0.164. The largest absolute Gasteiger partial charge is 0.573 e. The summed E-state index contributed by atoms with van der Waals surface area (Å²) in [5.74, 6) is -0.276. The molecule has 234 valence electrons. The second kappa shape index (κ2) is 15.4. The van der Waals surface area contributed by atoms with Crippen LogP contribution in [-0.2, 0) is 19.6 Å². The molecule has 12 heteroatoms. The molecule has 5 rings (SSSR count). The van der Waals surface area contributed by atoms with Crippen LogP contribution in [0.15, 0.2) is 66.9 Å². The average molecular weight is 659 g/mol. The standard InChI is InChI=1S/C31H35ClF3N5O.2ClH/c32-28-4-1-2-5-29(28)38-23-10-14-39(15-11-23)19-21-6-9-30-26(16-21)27(20-40(30)13-3-12-36)25-8-7-24(17-22(25)18-37)41-31(33,34)35;;/h1-2,4-9,16-17,20,23,38H,3,10-15,18-19,36-37H2;2*1H. The minimum absolute atomic E-state index is 0. The zero-order valence-corrected chi connectivity index (χ0v) is 26.0. The number of halogens is 6. The maximum atomic E-state index is 12.8. The number of hydrogen-bond acceptors (Lipinski definition) is 5. The molecule has 0 unspecified atom stereocenters. The van der Waals surface area contributed by atoms with E-state index < -0.39 is 6.36 Å². The Labute approximate surface area is 267 Å². The molecular weight excluding hydrogens is 622 g/mol. The van der Waals surface area contributed by atoms with Crippen LogP contribution < -0.4 is 21.5 Å². The number of aromatic nitrogens is 1. The van der Waals surface area contributed by atoms with E-state index in [2.05, 4.69) is 43.9 Å². The SMILES string of the molecule is Cl.Cl.NCCCn1cc(-c2ccc(OC(F)(F)F)cc2CN)c2cc(CN3CCC(Nc4ccccc4Cl)CC3)ccc21. The Bertz CT molecular complexity index is 1490. The van der Waals surface area contributed by atoms with Crippen molar-refractivity contribution >= 4 is 53.0 Å². The fourth-order valence-electron chi connectivity index (χ4n) is 5.59. The minimum atomic E-state index is -4.76. The number of anilines is 1. The molecule has 43 heavy (non-hydrogen) atoms. The Kier molecular flexibility index (Phi) is 12.4. The Balaban J connectivity index is 0.00000253. The number of piperidine rings is 1. The van der Waals surface area contributed by atoms with Crippen LogP contribution in [-0.4, -0.2) is 41.5 Å². The third-order valence-corrected chi connectivity index (χ3v) is 7.93. The first kappa shape index (κ1) is 34.8. The molecule has 0 bridgehead atoms. The summed E-state index contributed by atoms with van der Waals surface area (Å²) in [5, 5.41) is 5.35. The number of alkyl halides is 3. The van der Waals surface area contributed by atoms with E-state index >= 15 is 0 Å². The smallest absolute Gasteiger partial charge is 0.406 e. The Morgan fingerprint density at radius 1 is 0.953 bits per heavy atom. The monoisotopic (exact) mass is 657 g/mol. The van der Waals surface area contributed by atoms with Gasteiger partial charge in [0.1, 0.15) is 5.75 Å². The molecule has 3 aromatic carbocycles. The number of fused-ring (bicyclic) bond motifs is 1. The van der Waals surface area contributed by atoms with Gasteiger partial charge in [-0.2, -0.15) is 0 Å². The van der Waals surface area contributed by atoms with E-state index in [1.807, 2.05) is 24.3 Å². The normalized spacial score (nSPS) is 14.3. The van der Waals surface area contributed by atoms with Crippen LogP contribution in [0.4, 0.5) is 18.9 Å². The highest BCUT2D eigenvalue weighted by molar-refractivity contribution is 6.33. The molecule has 0 amide bonds. The lowest BCUT2D eigenvalue weighted by Crippen LogP contribution is -2.38. The first-order chi connectivity index (χ1) is 19.7. The van der Waals surface area contributed by atoms with Gasteiger partial charge in [-0.05, 0) is 78.9 Å². The van der Waals surface area contributed by atoms with Crippen molar-refractivity contribution in [2.24, 2.45) is 11.5 Å². The topological polar surface area (TPSA) is 81.5 Å². The number of nitrogens with one attached hydrogen (secondary N) is 1. The second-order valence-electron chi connectivity index (χ2n) is 10.5. The van der Waals surface area contributed by atoms with Crippen molar-refractivity contribution < 1.29 is 17.9 Å². The van der Waals surface area contributed by atoms with E-state index in [0.717, 1.165) is 78.2 Å². The molecule has 1 aromatic heterocycles. The predicted molar refractivity (Wildman–Crippen MR) is 173 cm³/mol. The third kappa shape index (κ3) is 8.71. The molecule has 5 N–H and O–H groups in total. The summed E-state index contributed by atoms with van der Waals surface area (Å²) in [4.78, 5) is 2.45. The van der Waals surface area contributed by atoms with E-state index in [1.54, 1.807) is 6.07 Å². The number of ether oxygens (including phenoxy) is 1. The van der Waals surface area contributed by atoms with Crippen molar-refractivity contribution in [3.63, 3.8) is 0 Å². The van der Waals surface area contributed by atoms with Crippen molar-refractivity contribution in [1.29, 1.82) is 0 Å². The molecule has 0 saturated carbocycles. The van der Waals surface area contributed by atoms with Gasteiger partial charge >= 0.3 is 6.36 Å². The summed E-state index contributed by atoms with van der Waals surface area (Å²) in [6.45, 7) is 4.11. The number of benzene rings is 3. The number of rotatable bonds is 10. The molecule has 2 heterocycles. The van der Waals surface area contributed by atoms with Crippen LogP contribution >= 0.6 is 36.4 Å². The molecule has 0 aliphatic carbocycles. The highest BCUT2D eigenvalue weighted by atomic mass is 35.5. The van der Waals surface area contributed by atoms with E-state index in [4.69, 9.17) is 23.1 Å². The molecule has 0 atom stereocenters. The molecule has 1 fully saturated rings. The van der Waals surface area contributed by atoms with Gasteiger partial charge in [-0.25, -0.2) is 0 Å². The van der Waals surface area contributed by atoms with Crippen LogP contribution in [0.25, 0.3) is 22.0 Å².